The van der Waals surface area contributed by atoms with Gasteiger partial charge in [-0.2, -0.15) is 11.8 Å². The van der Waals surface area contributed by atoms with Crippen molar-refractivity contribution in [3.8, 4) is 0 Å². The summed E-state index contributed by atoms with van der Waals surface area (Å²) in [5.74, 6) is 2.58. The van der Waals surface area contributed by atoms with E-state index in [0.29, 0.717) is 24.0 Å². The summed E-state index contributed by atoms with van der Waals surface area (Å²) in [4.78, 5) is 37.2. The lowest BCUT2D eigenvalue weighted by Gasteiger charge is -2.14. The van der Waals surface area contributed by atoms with Crippen molar-refractivity contribution in [2.45, 2.75) is 95.6 Å². The van der Waals surface area contributed by atoms with Gasteiger partial charge in [0.1, 0.15) is 0 Å². The summed E-state index contributed by atoms with van der Waals surface area (Å²) in [6.45, 7) is 0.363. The van der Waals surface area contributed by atoms with Crippen LogP contribution in [0.15, 0.2) is 36.4 Å². The van der Waals surface area contributed by atoms with E-state index in [0.717, 1.165) is 34.7 Å². The fourth-order valence-corrected chi connectivity index (χ4v) is 8.56. The van der Waals surface area contributed by atoms with E-state index in [1.165, 1.54) is 101 Å². The molecule has 1 aliphatic heterocycles. The molecule has 0 bridgehead atoms. The van der Waals surface area contributed by atoms with E-state index in [9.17, 15) is 14.4 Å². The molecule has 0 radical (unpaired) electrons. The molecular weight excluding hydrogens is 526 g/mol. The third-order valence-electron chi connectivity index (χ3n) is 8.14. The summed E-state index contributed by atoms with van der Waals surface area (Å²) >= 11 is 1.92. The van der Waals surface area contributed by atoms with Gasteiger partial charge in [-0.3, -0.25) is 9.59 Å². The third-order valence-corrected chi connectivity index (χ3v) is 10.7. The number of ether oxygens (including phenoxy) is 1. The summed E-state index contributed by atoms with van der Waals surface area (Å²) in [6.07, 6.45) is 20.7. The van der Waals surface area contributed by atoms with Crippen LogP contribution >= 0.6 is 11.8 Å². The van der Waals surface area contributed by atoms with Crippen molar-refractivity contribution in [2.75, 3.05) is 23.0 Å². The zero-order chi connectivity index (χ0) is 27.3. The fourth-order valence-electron chi connectivity index (χ4n) is 5.87. The number of imide groups is 1. The largest absolute Gasteiger partial charge is 0.462 e. The Labute approximate surface area is 240 Å². The monoisotopic (exact) mass is 571 g/mol. The molecule has 1 aromatic carbocycles. The van der Waals surface area contributed by atoms with Crippen molar-refractivity contribution >= 4 is 45.0 Å². The minimum atomic E-state index is -0.433. The molecule has 0 saturated heterocycles. The van der Waals surface area contributed by atoms with Gasteiger partial charge in [0.15, 0.2) is 9.76 Å². The van der Waals surface area contributed by atoms with Crippen LogP contribution < -0.4 is 4.90 Å². The van der Waals surface area contributed by atoms with Crippen molar-refractivity contribution in [1.29, 1.82) is 0 Å². The maximum Gasteiger partial charge on any atom is 0.338 e. The Morgan fingerprint density at radius 2 is 1.49 bits per heavy atom. The van der Waals surface area contributed by atoms with Gasteiger partial charge in [0.2, 0.25) is 0 Å². The van der Waals surface area contributed by atoms with Crippen LogP contribution in [0, 0.1) is 11.8 Å². The maximum atomic E-state index is 12.4. The van der Waals surface area contributed by atoms with Gasteiger partial charge in [-0.25, -0.2) is 9.69 Å². The second-order valence-electron chi connectivity index (χ2n) is 11.1. The average Bonchev–Trinajstić information content (AvgIpc) is 3.48. The molecule has 1 aromatic rings. The van der Waals surface area contributed by atoms with Gasteiger partial charge < -0.3 is 9.16 Å². The minimum Gasteiger partial charge on any atom is -0.462 e. The maximum absolute atomic E-state index is 12.4. The number of nitrogens with zero attached hydrogens (tertiary/aromatic N) is 1. The van der Waals surface area contributed by atoms with E-state index in [2.05, 4.69) is 0 Å². The summed E-state index contributed by atoms with van der Waals surface area (Å²) in [5.41, 5.74) is 0.720. The van der Waals surface area contributed by atoms with Crippen molar-refractivity contribution in [1.82, 2.24) is 0 Å². The number of rotatable bonds is 12. The number of thioether (sulfide) groups is 1. The summed E-state index contributed by atoms with van der Waals surface area (Å²) in [5, 5.41) is 0. The highest BCUT2D eigenvalue weighted by Crippen LogP contribution is 2.48. The molecule has 2 fully saturated rings. The van der Waals surface area contributed by atoms with E-state index < -0.39 is 27.5 Å². The highest BCUT2D eigenvalue weighted by atomic mass is 32.2. The fraction of sp³-hybridized carbons (Fsp3) is 0.645. The number of benzene rings is 1. The molecule has 2 amide bonds. The number of anilines is 1. The Bertz CT molecular complexity index is 949. The number of carbonyl (C=O) groups is 3. The van der Waals surface area contributed by atoms with Crippen LogP contribution in [0.5, 0.6) is 0 Å². The van der Waals surface area contributed by atoms with Gasteiger partial charge in [-0.1, -0.05) is 63.9 Å². The van der Waals surface area contributed by atoms with Crippen molar-refractivity contribution in [2.24, 2.45) is 11.8 Å². The van der Waals surface area contributed by atoms with Crippen LogP contribution in [-0.4, -0.2) is 51.8 Å². The van der Waals surface area contributed by atoms with E-state index in [1.54, 1.807) is 18.2 Å². The Balaban J connectivity index is 1.02. The van der Waals surface area contributed by atoms with Crippen molar-refractivity contribution in [3.05, 3.63) is 42.0 Å². The zero-order valence-electron chi connectivity index (χ0n) is 23.3. The number of esters is 1. The first-order valence-corrected chi connectivity index (χ1v) is 17.9. The molecule has 0 spiro atoms. The molecule has 0 N–H and O–H groups in total. The highest BCUT2D eigenvalue weighted by molar-refractivity contribution is 7.99. The molecular formula is C31H45NO5SSi. The molecule has 0 aromatic heterocycles. The number of hydrogen-bond donors (Lipinski definition) is 0. The molecule has 6 nitrogen and oxygen atoms in total. The number of fused-ring (bicyclic) bond motifs is 1. The molecule has 1 heterocycles. The first kappa shape index (κ1) is 30.1. The summed E-state index contributed by atoms with van der Waals surface area (Å²) in [6, 6.07) is 7.70. The second-order valence-corrected chi connectivity index (χ2v) is 13.8. The van der Waals surface area contributed by atoms with Gasteiger partial charge in [0, 0.05) is 12.2 Å². The number of hydrogen-bond acceptors (Lipinski definition) is 6. The molecule has 3 aliphatic rings. The van der Waals surface area contributed by atoms with Crippen LogP contribution in [0.3, 0.4) is 0 Å². The molecule has 8 heteroatoms. The minimum absolute atomic E-state index is 0.340. The predicted molar refractivity (Wildman–Crippen MR) is 161 cm³/mol. The summed E-state index contributed by atoms with van der Waals surface area (Å²) < 4.78 is 11.9. The van der Waals surface area contributed by atoms with Crippen molar-refractivity contribution in [3.63, 3.8) is 0 Å². The molecule has 4 rings (SSSR count). The average molecular weight is 572 g/mol. The smallest absolute Gasteiger partial charge is 0.338 e. The molecule has 2 unspecified atom stereocenters. The van der Waals surface area contributed by atoms with Gasteiger partial charge in [-0.15, -0.1) is 0 Å². The number of carbonyl (C=O) groups excluding carboxylic acids is 3. The lowest BCUT2D eigenvalue weighted by Crippen LogP contribution is -2.29. The Kier molecular flexibility index (Phi) is 12.6. The zero-order valence-corrected chi connectivity index (χ0v) is 25.6. The summed E-state index contributed by atoms with van der Waals surface area (Å²) in [7, 11) is -0.420. The topological polar surface area (TPSA) is 72.9 Å². The first-order valence-electron chi connectivity index (χ1n) is 15.2. The number of amides is 2. The molecule has 214 valence electrons. The third kappa shape index (κ3) is 9.61. The molecule has 39 heavy (non-hydrogen) atoms. The van der Waals surface area contributed by atoms with Gasteiger partial charge >= 0.3 is 5.97 Å². The normalized spacial score (nSPS) is 24.3. The predicted octanol–water partition coefficient (Wildman–Crippen LogP) is 6.22. The van der Waals surface area contributed by atoms with E-state index >= 15 is 0 Å². The SMILES string of the molecule is O=C(OCCCSCCC[SiH2]OC1C2CCCCCCCCCCCC21)c1cccc(N2C(=O)C=CC2=O)c1. The van der Waals surface area contributed by atoms with E-state index in [4.69, 9.17) is 9.16 Å². The Morgan fingerprint density at radius 3 is 2.15 bits per heavy atom. The van der Waals surface area contributed by atoms with Gasteiger partial charge in [-0.05, 0) is 73.3 Å². The lowest BCUT2D eigenvalue weighted by atomic mass is 10.1. The quantitative estimate of drug-likeness (QED) is 0.128. The first-order chi connectivity index (χ1) is 19.1. The lowest BCUT2D eigenvalue weighted by molar-refractivity contribution is -0.120. The van der Waals surface area contributed by atoms with Crippen LogP contribution in [0.25, 0.3) is 0 Å². The van der Waals surface area contributed by atoms with Gasteiger partial charge in [0.05, 0.1) is 24.0 Å². The van der Waals surface area contributed by atoms with E-state index in [-0.39, 0.29) is 0 Å². The van der Waals surface area contributed by atoms with E-state index in [1.807, 2.05) is 11.8 Å². The standard InChI is InChI=1S/C31H45NO5SSi/c33-28-17-18-29(34)32(28)25-14-10-13-24(23-25)31(35)36-19-11-20-38-21-12-22-39-37-30-26-15-8-6-4-2-1-3-5-7-9-16-27(26)30/h10,13-14,17-18,23,26-27,30H,1-9,11-12,15-16,19-22,39H2. The Morgan fingerprint density at radius 1 is 0.872 bits per heavy atom. The molecule has 2 atom stereocenters. The van der Waals surface area contributed by atoms with Crippen LogP contribution in [-0.2, 0) is 18.8 Å². The van der Waals surface area contributed by atoms with Gasteiger partial charge in [0.25, 0.3) is 11.8 Å². The molecule has 2 saturated carbocycles. The molecule has 2 aliphatic carbocycles. The second kappa shape index (κ2) is 16.4. The highest BCUT2D eigenvalue weighted by Gasteiger charge is 2.48. The Hall–Kier alpha value is -1.90. The van der Waals surface area contributed by atoms with Crippen LogP contribution in [0.4, 0.5) is 5.69 Å². The van der Waals surface area contributed by atoms with Crippen LogP contribution in [0.2, 0.25) is 6.04 Å². The van der Waals surface area contributed by atoms with Crippen LogP contribution in [0.1, 0.15) is 93.8 Å². The van der Waals surface area contributed by atoms with Crippen molar-refractivity contribution < 1.29 is 23.5 Å².